The van der Waals surface area contributed by atoms with Crippen LogP contribution in [0.4, 0.5) is 0 Å². The fraction of sp³-hybridized carbons (Fsp3) is 0.667. The number of carbonyl (C=O) groups excluding carboxylic acids is 2. The van der Waals surface area contributed by atoms with E-state index in [-0.39, 0.29) is 17.5 Å². The van der Waals surface area contributed by atoms with Crippen molar-refractivity contribution in [1.29, 1.82) is 0 Å². The maximum absolute atomic E-state index is 13.0. The molecule has 2 N–H and O–H groups in total. The van der Waals surface area contributed by atoms with Crippen molar-refractivity contribution >= 4 is 11.8 Å². The molecule has 134 valence electrons. The predicted molar refractivity (Wildman–Crippen MR) is 88.6 cm³/mol. The highest BCUT2D eigenvalue weighted by molar-refractivity contribution is 5.91. The molecule has 1 aliphatic heterocycles. The molecule has 1 aromatic heterocycles. The maximum atomic E-state index is 13.0. The summed E-state index contributed by atoms with van der Waals surface area (Å²) in [6.45, 7) is 1.09. The van der Waals surface area contributed by atoms with Crippen molar-refractivity contribution < 1.29 is 14.8 Å². The molecule has 7 heteroatoms. The molecule has 2 saturated carbocycles. The van der Waals surface area contributed by atoms with Crippen molar-refractivity contribution in [3.8, 4) is 0 Å². The lowest BCUT2D eigenvalue weighted by Crippen LogP contribution is -2.43. The standard InChI is InChI=1S/C18H24N4O3/c23-17(21-25)15-9-19-16-10-22(5-4-14(16)20-15)18(24)13-7-11-2-1-3-12(6-11)8-13/h9,11-13,25H,1-8,10H2,(H,21,23). The Hall–Kier alpha value is -2.02. The Labute approximate surface area is 146 Å². The summed E-state index contributed by atoms with van der Waals surface area (Å²) in [5, 5.41) is 8.70. The van der Waals surface area contributed by atoms with Crippen LogP contribution in [0.2, 0.25) is 0 Å². The molecule has 2 aliphatic carbocycles. The minimum absolute atomic E-state index is 0.0983. The highest BCUT2D eigenvalue weighted by atomic mass is 16.5. The highest BCUT2D eigenvalue weighted by Crippen LogP contribution is 2.43. The summed E-state index contributed by atoms with van der Waals surface area (Å²) in [5.41, 5.74) is 3.17. The normalized spacial score (nSPS) is 28.2. The van der Waals surface area contributed by atoms with Gasteiger partial charge in [0.25, 0.3) is 5.91 Å². The Morgan fingerprint density at radius 2 is 1.92 bits per heavy atom. The summed E-state index contributed by atoms with van der Waals surface area (Å²) in [4.78, 5) is 34.9. The fourth-order valence-electron chi connectivity index (χ4n) is 4.83. The van der Waals surface area contributed by atoms with Crippen molar-refractivity contribution in [2.45, 2.75) is 51.5 Å². The molecule has 0 aromatic carbocycles. The van der Waals surface area contributed by atoms with Gasteiger partial charge in [-0.15, -0.1) is 0 Å². The van der Waals surface area contributed by atoms with Gasteiger partial charge < -0.3 is 4.90 Å². The summed E-state index contributed by atoms with van der Waals surface area (Å²) < 4.78 is 0. The van der Waals surface area contributed by atoms with E-state index in [1.807, 2.05) is 4.90 Å². The zero-order valence-corrected chi connectivity index (χ0v) is 14.3. The maximum Gasteiger partial charge on any atom is 0.294 e. The molecule has 3 aliphatic rings. The molecule has 2 heterocycles. The lowest BCUT2D eigenvalue weighted by atomic mass is 9.68. The van der Waals surface area contributed by atoms with Crippen molar-refractivity contribution in [3.63, 3.8) is 0 Å². The van der Waals surface area contributed by atoms with Crippen LogP contribution in [-0.2, 0) is 17.8 Å². The molecule has 0 saturated heterocycles. The number of hydroxylamine groups is 1. The fourth-order valence-corrected chi connectivity index (χ4v) is 4.83. The van der Waals surface area contributed by atoms with Crippen LogP contribution in [0.3, 0.4) is 0 Å². The SMILES string of the molecule is O=C(NO)c1cnc2c(n1)CCN(C(=O)C1CC3CCCC(C3)C1)C2. The first-order valence-corrected chi connectivity index (χ1v) is 9.22. The lowest BCUT2D eigenvalue weighted by molar-refractivity contribution is -0.139. The molecule has 1 aromatic rings. The number of rotatable bonds is 2. The zero-order chi connectivity index (χ0) is 17.4. The molecular weight excluding hydrogens is 320 g/mol. The summed E-state index contributed by atoms with van der Waals surface area (Å²) >= 11 is 0. The quantitative estimate of drug-likeness (QED) is 0.629. The number of aromatic nitrogens is 2. The highest BCUT2D eigenvalue weighted by Gasteiger charge is 2.37. The van der Waals surface area contributed by atoms with Gasteiger partial charge in [0.05, 0.1) is 24.1 Å². The minimum atomic E-state index is -0.664. The van der Waals surface area contributed by atoms with E-state index in [2.05, 4.69) is 9.97 Å². The van der Waals surface area contributed by atoms with Gasteiger partial charge in [-0.1, -0.05) is 19.3 Å². The van der Waals surface area contributed by atoms with Crippen molar-refractivity contribution in [1.82, 2.24) is 20.3 Å². The van der Waals surface area contributed by atoms with E-state index in [9.17, 15) is 9.59 Å². The summed E-state index contributed by atoms with van der Waals surface area (Å²) in [5.74, 6) is 1.23. The van der Waals surface area contributed by atoms with E-state index in [0.717, 1.165) is 36.1 Å². The lowest BCUT2D eigenvalue weighted by Gasteiger charge is -2.40. The van der Waals surface area contributed by atoms with Crippen molar-refractivity contribution in [2.24, 2.45) is 17.8 Å². The third kappa shape index (κ3) is 3.25. The van der Waals surface area contributed by atoms with Crippen LogP contribution in [0.15, 0.2) is 6.20 Å². The molecule has 2 unspecified atom stereocenters. The molecule has 25 heavy (non-hydrogen) atoms. The van der Waals surface area contributed by atoms with Crippen LogP contribution in [0.1, 0.15) is 60.4 Å². The number of fused-ring (bicyclic) bond motifs is 3. The van der Waals surface area contributed by atoms with Crippen LogP contribution in [0.5, 0.6) is 0 Å². The Morgan fingerprint density at radius 1 is 1.16 bits per heavy atom. The first-order chi connectivity index (χ1) is 12.1. The average molecular weight is 344 g/mol. The van der Waals surface area contributed by atoms with E-state index in [1.54, 1.807) is 5.48 Å². The predicted octanol–water partition coefficient (Wildman–Crippen LogP) is 1.70. The average Bonchev–Trinajstić information content (AvgIpc) is 2.65. The van der Waals surface area contributed by atoms with Crippen LogP contribution in [0, 0.1) is 17.8 Å². The Morgan fingerprint density at radius 3 is 2.64 bits per heavy atom. The Kier molecular flexibility index (Phi) is 4.41. The molecule has 2 atom stereocenters. The number of hydrogen-bond acceptors (Lipinski definition) is 5. The Balaban J connectivity index is 1.45. The summed E-state index contributed by atoms with van der Waals surface area (Å²) in [6, 6.07) is 0. The Bertz CT molecular complexity index is 681. The number of amides is 2. The van der Waals surface area contributed by atoms with Gasteiger partial charge in [0.1, 0.15) is 5.69 Å². The minimum Gasteiger partial charge on any atom is -0.336 e. The topological polar surface area (TPSA) is 95.4 Å². The van der Waals surface area contributed by atoms with Gasteiger partial charge in [0.2, 0.25) is 5.91 Å². The zero-order valence-electron chi connectivity index (χ0n) is 14.3. The van der Waals surface area contributed by atoms with Gasteiger partial charge >= 0.3 is 0 Å². The van der Waals surface area contributed by atoms with Gasteiger partial charge in [-0.2, -0.15) is 0 Å². The summed E-state index contributed by atoms with van der Waals surface area (Å²) in [7, 11) is 0. The van der Waals surface area contributed by atoms with Crippen LogP contribution in [0.25, 0.3) is 0 Å². The van der Waals surface area contributed by atoms with E-state index in [1.165, 1.54) is 31.9 Å². The van der Waals surface area contributed by atoms with Gasteiger partial charge in [-0.25, -0.2) is 10.5 Å². The van der Waals surface area contributed by atoms with Crippen LogP contribution >= 0.6 is 0 Å². The number of hydrogen-bond donors (Lipinski definition) is 2. The third-order valence-electron chi connectivity index (χ3n) is 6.01. The first kappa shape index (κ1) is 16.4. The second kappa shape index (κ2) is 6.71. The molecule has 2 fully saturated rings. The second-order valence-electron chi connectivity index (χ2n) is 7.67. The first-order valence-electron chi connectivity index (χ1n) is 9.22. The number of nitrogens with one attached hydrogen (secondary N) is 1. The number of nitrogens with zero attached hydrogens (tertiary/aromatic N) is 3. The smallest absolute Gasteiger partial charge is 0.294 e. The van der Waals surface area contributed by atoms with Gasteiger partial charge in [0, 0.05) is 18.9 Å². The number of carbonyl (C=O) groups is 2. The van der Waals surface area contributed by atoms with Crippen LogP contribution < -0.4 is 5.48 Å². The molecule has 4 rings (SSSR count). The van der Waals surface area contributed by atoms with E-state index in [4.69, 9.17) is 5.21 Å². The van der Waals surface area contributed by atoms with E-state index in [0.29, 0.717) is 19.5 Å². The molecule has 2 bridgehead atoms. The van der Waals surface area contributed by atoms with Gasteiger partial charge in [-0.3, -0.25) is 19.8 Å². The van der Waals surface area contributed by atoms with Crippen molar-refractivity contribution in [3.05, 3.63) is 23.3 Å². The molecule has 7 nitrogen and oxygen atoms in total. The third-order valence-corrected chi connectivity index (χ3v) is 6.01. The van der Waals surface area contributed by atoms with E-state index < -0.39 is 5.91 Å². The molecule has 0 spiro atoms. The van der Waals surface area contributed by atoms with Gasteiger partial charge in [-0.05, 0) is 31.1 Å². The van der Waals surface area contributed by atoms with Crippen LogP contribution in [-0.4, -0.2) is 38.4 Å². The monoisotopic (exact) mass is 344 g/mol. The van der Waals surface area contributed by atoms with E-state index >= 15 is 0 Å². The van der Waals surface area contributed by atoms with Gasteiger partial charge in [0.15, 0.2) is 0 Å². The second-order valence-corrected chi connectivity index (χ2v) is 7.67. The van der Waals surface area contributed by atoms with Crippen molar-refractivity contribution in [2.75, 3.05) is 6.54 Å². The molecule has 0 radical (unpaired) electrons. The summed E-state index contributed by atoms with van der Waals surface area (Å²) in [6.07, 6.45) is 9.23. The molecular formula is C18H24N4O3. The largest absolute Gasteiger partial charge is 0.336 e. The molecule has 2 amide bonds.